The van der Waals surface area contributed by atoms with Gasteiger partial charge in [-0.25, -0.2) is 4.79 Å². The molecular formula is C25H21N3O4. The van der Waals surface area contributed by atoms with Crippen LogP contribution in [0.2, 0.25) is 0 Å². The van der Waals surface area contributed by atoms with Crippen LogP contribution in [-0.4, -0.2) is 33.7 Å². The van der Waals surface area contributed by atoms with Gasteiger partial charge < -0.3 is 14.5 Å². The summed E-state index contributed by atoms with van der Waals surface area (Å²) in [6.07, 6.45) is 4.96. The number of hydrogen-bond acceptors (Lipinski definition) is 5. The van der Waals surface area contributed by atoms with Crippen LogP contribution in [0.4, 0.5) is 0 Å². The maximum atomic E-state index is 13.1. The van der Waals surface area contributed by atoms with Crippen LogP contribution in [0.5, 0.6) is 0 Å². The van der Waals surface area contributed by atoms with Gasteiger partial charge in [0.15, 0.2) is 0 Å². The first-order chi connectivity index (χ1) is 15.6. The van der Waals surface area contributed by atoms with Gasteiger partial charge in [0.25, 0.3) is 5.91 Å². The molecule has 0 spiro atoms. The highest BCUT2D eigenvalue weighted by molar-refractivity contribution is 6.11. The third-order valence-electron chi connectivity index (χ3n) is 4.97. The first-order valence-corrected chi connectivity index (χ1v) is 10.2. The zero-order valence-electron chi connectivity index (χ0n) is 17.4. The average Bonchev–Trinajstić information content (AvgIpc) is 3.22. The molecule has 0 atom stereocenters. The van der Waals surface area contributed by atoms with Crippen molar-refractivity contribution >= 4 is 23.2 Å². The molecule has 1 aromatic carbocycles. The number of amides is 1. The number of pyridine rings is 2. The smallest absolute Gasteiger partial charge is 0.340 e. The van der Waals surface area contributed by atoms with E-state index in [4.69, 9.17) is 4.74 Å². The van der Waals surface area contributed by atoms with Crippen molar-refractivity contribution in [2.24, 2.45) is 0 Å². The fourth-order valence-corrected chi connectivity index (χ4v) is 3.41. The summed E-state index contributed by atoms with van der Waals surface area (Å²) in [7, 11) is 0. The molecule has 7 nitrogen and oxygen atoms in total. The van der Waals surface area contributed by atoms with Crippen LogP contribution >= 0.6 is 0 Å². The second kappa shape index (κ2) is 9.26. The van der Waals surface area contributed by atoms with Gasteiger partial charge >= 0.3 is 5.97 Å². The van der Waals surface area contributed by atoms with Crippen LogP contribution < -0.4 is 5.32 Å². The number of esters is 1. The Hall–Kier alpha value is -4.26. The molecule has 0 bridgehead atoms. The number of benzene rings is 1. The standard InChI is InChI=1S/C25H21N3O4/c1-2-32-25(31)20-14-22(23(29)18-8-4-3-5-9-18)28-12-10-19(13-21(20)28)24(30)27-16-17-7-6-11-26-15-17/h3-15H,2,16H2,1H3,(H,27,30). The number of carbonyl (C=O) groups excluding carboxylic acids is 3. The Morgan fingerprint density at radius 1 is 1.00 bits per heavy atom. The van der Waals surface area contributed by atoms with Crippen LogP contribution in [0.25, 0.3) is 5.52 Å². The number of nitrogens with zero attached hydrogens (tertiary/aromatic N) is 2. The molecule has 160 valence electrons. The number of fused-ring (bicyclic) bond motifs is 1. The third kappa shape index (κ3) is 4.27. The summed E-state index contributed by atoms with van der Waals surface area (Å²) in [4.78, 5) is 42.4. The lowest BCUT2D eigenvalue weighted by atomic mass is 10.1. The van der Waals surface area contributed by atoms with Gasteiger partial charge in [0.05, 0.1) is 23.4 Å². The quantitative estimate of drug-likeness (QED) is 0.359. The highest BCUT2D eigenvalue weighted by atomic mass is 16.5. The molecule has 0 saturated carbocycles. The largest absolute Gasteiger partial charge is 0.462 e. The van der Waals surface area contributed by atoms with Gasteiger partial charge in [0.1, 0.15) is 0 Å². The van der Waals surface area contributed by atoms with Gasteiger partial charge in [-0.3, -0.25) is 14.6 Å². The van der Waals surface area contributed by atoms with Crippen LogP contribution in [0, 0.1) is 0 Å². The molecule has 0 aliphatic rings. The molecule has 4 rings (SSSR count). The van der Waals surface area contributed by atoms with Gasteiger partial charge in [0, 0.05) is 36.3 Å². The summed E-state index contributed by atoms with van der Waals surface area (Å²) in [6.45, 7) is 2.23. The molecule has 0 fully saturated rings. The molecule has 7 heteroatoms. The predicted molar refractivity (Wildman–Crippen MR) is 119 cm³/mol. The van der Waals surface area contributed by atoms with E-state index in [1.165, 1.54) is 6.07 Å². The second-order valence-corrected chi connectivity index (χ2v) is 7.07. The number of carbonyl (C=O) groups is 3. The molecule has 3 aromatic heterocycles. The normalized spacial score (nSPS) is 10.7. The SMILES string of the molecule is CCOC(=O)c1cc(C(=O)c2ccccc2)n2ccc(C(=O)NCc3cccnc3)cc12. The Kier molecular flexibility index (Phi) is 6.07. The second-order valence-electron chi connectivity index (χ2n) is 7.07. The zero-order valence-corrected chi connectivity index (χ0v) is 17.4. The minimum Gasteiger partial charge on any atom is -0.462 e. The summed E-state index contributed by atoms with van der Waals surface area (Å²) in [5.41, 5.74) is 2.71. The third-order valence-corrected chi connectivity index (χ3v) is 4.97. The Morgan fingerprint density at radius 2 is 1.81 bits per heavy atom. The predicted octanol–water partition coefficient (Wildman–Crippen LogP) is 3.67. The zero-order chi connectivity index (χ0) is 22.5. The van der Waals surface area contributed by atoms with E-state index in [9.17, 15) is 14.4 Å². The summed E-state index contributed by atoms with van der Waals surface area (Å²) >= 11 is 0. The van der Waals surface area contributed by atoms with Crippen LogP contribution in [0.1, 0.15) is 49.3 Å². The van der Waals surface area contributed by atoms with Gasteiger partial charge in [-0.05, 0) is 36.8 Å². The molecule has 0 unspecified atom stereocenters. The summed E-state index contributed by atoms with van der Waals surface area (Å²) < 4.78 is 6.78. The molecule has 0 saturated heterocycles. The van der Waals surface area contributed by atoms with Gasteiger partial charge in [-0.2, -0.15) is 0 Å². The fraction of sp³-hybridized carbons (Fsp3) is 0.120. The van der Waals surface area contributed by atoms with Crippen molar-refractivity contribution < 1.29 is 19.1 Å². The van der Waals surface area contributed by atoms with Crippen molar-refractivity contribution in [3.05, 3.63) is 107 Å². The average molecular weight is 427 g/mol. The maximum Gasteiger partial charge on any atom is 0.340 e. The number of ether oxygens (including phenoxy) is 1. The van der Waals surface area contributed by atoms with Gasteiger partial charge in [-0.15, -0.1) is 0 Å². The Morgan fingerprint density at radius 3 is 2.53 bits per heavy atom. The first-order valence-electron chi connectivity index (χ1n) is 10.2. The molecule has 3 heterocycles. The van der Waals surface area contributed by atoms with E-state index >= 15 is 0 Å². The minimum atomic E-state index is -0.551. The first kappa shape index (κ1) is 21.0. The van der Waals surface area contributed by atoms with E-state index in [1.807, 2.05) is 12.1 Å². The molecule has 1 N–H and O–H groups in total. The van der Waals surface area contributed by atoms with E-state index in [2.05, 4.69) is 10.3 Å². The monoisotopic (exact) mass is 427 g/mol. The lowest BCUT2D eigenvalue weighted by molar-refractivity contribution is 0.0528. The number of aromatic nitrogens is 2. The Labute approximate surface area is 184 Å². The number of rotatable bonds is 7. The fourth-order valence-electron chi connectivity index (χ4n) is 3.41. The van der Waals surface area contributed by atoms with Crippen molar-refractivity contribution in [3.8, 4) is 0 Å². The molecule has 1 amide bonds. The van der Waals surface area contributed by atoms with Crippen molar-refractivity contribution in [1.82, 2.24) is 14.7 Å². The number of ketones is 1. The van der Waals surface area contributed by atoms with E-state index in [0.29, 0.717) is 28.9 Å². The van der Waals surface area contributed by atoms with Crippen molar-refractivity contribution in [1.29, 1.82) is 0 Å². The lowest BCUT2D eigenvalue weighted by Gasteiger charge is -2.08. The summed E-state index contributed by atoms with van der Waals surface area (Å²) in [5.74, 6) is -1.08. The number of nitrogens with one attached hydrogen (secondary N) is 1. The van der Waals surface area contributed by atoms with Gasteiger partial charge in [0.2, 0.25) is 5.78 Å². The van der Waals surface area contributed by atoms with Crippen molar-refractivity contribution in [2.75, 3.05) is 6.61 Å². The van der Waals surface area contributed by atoms with Gasteiger partial charge in [-0.1, -0.05) is 36.4 Å². The van der Waals surface area contributed by atoms with E-state index in [-0.39, 0.29) is 23.9 Å². The maximum absolute atomic E-state index is 13.1. The van der Waals surface area contributed by atoms with Crippen molar-refractivity contribution in [2.45, 2.75) is 13.5 Å². The number of hydrogen-bond donors (Lipinski definition) is 1. The molecular weight excluding hydrogens is 406 g/mol. The topological polar surface area (TPSA) is 89.8 Å². The lowest BCUT2D eigenvalue weighted by Crippen LogP contribution is -2.23. The highest BCUT2D eigenvalue weighted by Crippen LogP contribution is 2.22. The Bertz CT molecular complexity index is 1280. The molecule has 0 aliphatic carbocycles. The molecule has 0 aliphatic heterocycles. The Balaban J connectivity index is 1.70. The summed E-state index contributed by atoms with van der Waals surface area (Å²) in [5, 5.41) is 2.84. The van der Waals surface area contributed by atoms with E-state index < -0.39 is 5.97 Å². The summed E-state index contributed by atoms with van der Waals surface area (Å²) in [6, 6.07) is 17.2. The van der Waals surface area contributed by atoms with Crippen LogP contribution in [-0.2, 0) is 11.3 Å². The van der Waals surface area contributed by atoms with E-state index in [1.54, 1.807) is 72.4 Å². The molecule has 32 heavy (non-hydrogen) atoms. The van der Waals surface area contributed by atoms with Crippen LogP contribution in [0.15, 0.2) is 79.3 Å². The molecule has 0 radical (unpaired) electrons. The van der Waals surface area contributed by atoms with E-state index in [0.717, 1.165) is 5.56 Å². The minimum absolute atomic E-state index is 0.198. The highest BCUT2D eigenvalue weighted by Gasteiger charge is 2.22. The van der Waals surface area contributed by atoms with Crippen molar-refractivity contribution in [3.63, 3.8) is 0 Å². The molecule has 4 aromatic rings. The van der Waals surface area contributed by atoms with Crippen LogP contribution in [0.3, 0.4) is 0 Å².